The van der Waals surface area contributed by atoms with Crippen LogP contribution in [0, 0.1) is 0 Å². The number of aryl methyl sites for hydroxylation is 1. The molecule has 0 saturated carbocycles. The van der Waals surface area contributed by atoms with Crippen LogP contribution in [0.25, 0.3) is 0 Å². The number of amides is 2. The van der Waals surface area contributed by atoms with E-state index in [1.165, 1.54) is 5.56 Å². The molecule has 2 N–H and O–H groups in total. The number of anilines is 3. The number of nitrogens with zero attached hydrogens (tertiary/aromatic N) is 1. The standard InChI is InChI=1S/C23H29N3O2/c1-2-3-4-14-22(27)24-19-11-7-12-20(16-19)25-23(28)17-26-15-8-10-18-9-5-6-13-21(18)26/h5-7,9,11-13,16H,2-4,8,10,14-15,17H2,1H3,(H,24,27)(H,25,28). The van der Waals surface area contributed by atoms with E-state index in [2.05, 4.69) is 34.6 Å². The van der Waals surface area contributed by atoms with Gasteiger partial charge in [0.2, 0.25) is 11.8 Å². The topological polar surface area (TPSA) is 61.4 Å². The van der Waals surface area contributed by atoms with Gasteiger partial charge in [0.05, 0.1) is 6.54 Å². The SMILES string of the molecule is CCCCCC(=O)Nc1cccc(NC(=O)CN2CCCc3ccccc32)c1. The molecule has 28 heavy (non-hydrogen) atoms. The Morgan fingerprint density at radius 2 is 1.71 bits per heavy atom. The average molecular weight is 380 g/mol. The van der Waals surface area contributed by atoms with Crippen molar-refractivity contribution >= 4 is 28.9 Å². The van der Waals surface area contributed by atoms with Crippen LogP contribution >= 0.6 is 0 Å². The molecule has 0 bridgehead atoms. The smallest absolute Gasteiger partial charge is 0.243 e. The molecule has 0 unspecified atom stereocenters. The van der Waals surface area contributed by atoms with Crippen LogP contribution < -0.4 is 15.5 Å². The molecule has 0 saturated heterocycles. The highest BCUT2D eigenvalue weighted by Gasteiger charge is 2.18. The predicted octanol–water partition coefficient (Wildman–Crippen LogP) is 4.60. The zero-order valence-corrected chi connectivity index (χ0v) is 16.5. The average Bonchev–Trinajstić information content (AvgIpc) is 2.69. The van der Waals surface area contributed by atoms with Gasteiger partial charge in [-0.2, -0.15) is 0 Å². The second-order valence-electron chi connectivity index (χ2n) is 7.29. The number of benzene rings is 2. The van der Waals surface area contributed by atoms with Gasteiger partial charge in [-0.15, -0.1) is 0 Å². The molecule has 0 fully saturated rings. The van der Waals surface area contributed by atoms with Crippen molar-refractivity contribution in [1.82, 2.24) is 0 Å². The molecule has 5 nitrogen and oxygen atoms in total. The Morgan fingerprint density at radius 3 is 2.50 bits per heavy atom. The Kier molecular flexibility index (Phi) is 7.06. The van der Waals surface area contributed by atoms with E-state index >= 15 is 0 Å². The van der Waals surface area contributed by atoms with Crippen LogP contribution in [0.4, 0.5) is 17.1 Å². The van der Waals surface area contributed by atoms with Crippen molar-refractivity contribution in [2.75, 3.05) is 28.6 Å². The van der Waals surface area contributed by atoms with E-state index in [9.17, 15) is 9.59 Å². The fraction of sp³-hybridized carbons (Fsp3) is 0.391. The summed E-state index contributed by atoms with van der Waals surface area (Å²) in [6.07, 6.45) is 5.70. The van der Waals surface area contributed by atoms with Gasteiger partial charge in [0.25, 0.3) is 0 Å². The zero-order valence-electron chi connectivity index (χ0n) is 16.5. The third-order valence-electron chi connectivity index (χ3n) is 4.98. The molecule has 3 rings (SSSR count). The quantitative estimate of drug-likeness (QED) is 0.659. The first-order valence-electron chi connectivity index (χ1n) is 10.2. The van der Waals surface area contributed by atoms with E-state index in [0.717, 1.165) is 44.3 Å². The molecule has 5 heteroatoms. The second-order valence-corrected chi connectivity index (χ2v) is 7.29. The Morgan fingerprint density at radius 1 is 0.964 bits per heavy atom. The Labute approximate surface area is 167 Å². The maximum atomic E-state index is 12.6. The number of unbranched alkanes of at least 4 members (excludes halogenated alkanes) is 2. The minimum absolute atomic E-state index is 0.0156. The molecule has 2 aromatic carbocycles. The highest BCUT2D eigenvalue weighted by atomic mass is 16.2. The number of carbonyl (C=O) groups is 2. The number of nitrogens with one attached hydrogen (secondary N) is 2. The number of carbonyl (C=O) groups excluding carboxylic acids is 2. The fourth-order valence-corrected chi connectivity index (χ4v) is 3.58. The summed E-state index contributed by atoms with van der Waals surface area (Å²) in [5, 5.41) is 5.86. The van der Waals surface area contributed by atoms with Crippen molar-refractivity contribution in [3.63, 3.8) is 0 Å². The highest BCUT2D eigenvalue weighted by molar-refractivity contribution is 5.96. The van der Waals surface area contributed by atoms with E-state index in [1.54, 1.807) is 6.07 Å². The third-order valence-corrected chi connectivity index (χ3v) is 4.98. The van der Waals surface area contributed by atoms with Gasteiger partial charge in [0.15, 0.2) is 0 Å². The lowest BCUT2D eigenvalue weighted by Crippen LogP contribution is -2.36. The lowest BCUT2D eigenvalue weighted by molar-refractivity contribution is -0.116. The van der Waals surface area contributed by atoms with E-state index in [4.69, 9.17) is 0 Å². The number of para-hydroxylation sites is 1. The summed E-state index contributed by atoms with van der Waals surface area (Å²) < 4.78 is 0. The summed E-state index contributed by atoms with van der Waals surface area (Å²) in [6, 6.07) is 15.6. The fourth-order valence-electron chi connectivity index (χ4n) is 3.58. The van der Waals surface area contributed by atoms with E-state index < -0.39 is 0 Å². The third kappa shape index (κ3) is 5.59. The summed E-state index contributed by atoms with van der Waals surface area (Å²) in [6.45, 7) is 3.33. The largest absolute Gasteiger partial charge is 0.362 e. The maximum Gasteiger partial charge on any atom is 0.243 e. The maximum absolute atomic E-state index is 12.6. The van der Waals surface area contributed by atoms with Crippen molar-refractivity contribution in [3.05, 3.63) is 54.1 Å². The molecular formula is C23H29N3O2. The van der Waals surface area contributed by atoms with Crippen molar-refractivity contribution in [2.45, 2.75) is 45.4 Å². The van der Waals surface area contributed by atoms with Gasteiger partial charge in [0, 0.05) is 30.0 Å². The van der Waals surface area contributed by atoms with Crippen LogP contribution in [0.5, 0.6) is 0 Å². The van der Waals surface area contributed by atoms with Crippen LogP contribution in [0.1, 0.15) is 44.6 Å². The molecule has 0 radical (unpaired) electrons. The van der Waals surface area contributed by atoms with Gasteiger partial charge in [-0.05, 0) is 49.1 Å². The molecular weight excluding hydrogens is 350 g/mol. The monoisotopic (exact) mass is 379 g/mol. The summed E-state index contributed by atoms with van der Waals surface area (Å²) >= 11 is 0. The number of rotatable bonds is 8. The first kappa shape index (κ1) is 19.9. The van der Waals surface area contributed by atoms with Crippen LogP contribution in [0.3, 0.4) is 0 Å². The van der Waals surface area contributed by atoms with Gasteiger partial charge in [-0.3, -0.25) is 9.59 Å². The van der Waals surface area contributed by atoms with Gasteiger partial charge >= 0.3 is 0 Å². The predicted molar refractivity (Wildman–Crippen MR) is 115 cm³/mol. The lowest BCUT2D eigenvalue weighted by atomic mass is 10.0. The highest BCUT2D eigenvalue weighted by Crippen LogP contribution is 2.26. The van der Waals surface area contributed by atoms with Crippen molar-refractivity contribution < 1.29 is 9.59 Å². The van der Waals surface area contributed by atoms with Gasteiger partial charge in [0.1, 0.15) is 0 Å². The molecule has 2 amide bonds. The van der Waals surface area contributed by atoms with Gasteiger partial charge in [-0.25, -0.2) is 0 Å². The van der Waals surface area contributed by atoms with Crippen LogP contribution in [0.15, 0.2) is 48.5 Å². The molecule has 2 aromatic rings. The summed E-state index contributed by atoms with van der Waals surface area (Å²) in [5.74, 6) is -0.0371. The van der Waals surface area contributed by atoms with E-state index in [1.807, 2.05) is 30.3 Å². The van der Waals surface area contributed by atoms with Crippen LogP contribution in [-0.4, -0.2) is 24.9 Å². The van der Waals surface area contributed by atoms with Crippen molar-refractivity contribution in [3.8, 4) is 0 Å². The summed E-state index contributed by atoms with van der Waals surface area (Å²) in [7, 11) is 0. The van der Waals surface area contributed by atoms with Gasteiger partial charge in [-0.1, -0.05) is 44.0 Å². The Balaban J connectivity index is 1.55. The number of fused-ring (bicyclic) bond motifs is 1. The molecule has 1 heterocycles. The Hall–Kier alpha value is -2.82. The minimum Gasteiger partial charge on any atom is -0.362 e. The summed E-state index contributed by atoms with van der Waals surface area (Å²) in [4.78, 5) is 26.7. The normalized spacial score (nSPS) is 13.0. The van der Waals surface area contributed by atoms with Crippen molar-refractivity contribution in [1.29, 1.82) is 0 Å². The molecule has 1 aliphatic heterocycles. The minimum atomic E-state index is -0.0527. The summed E-state index contributed by atoms with van der Waals surface area (Å²) in [5.41, 5.74) is 3.86. The Bertz CT molecular complexity index is 819. The molecule has 0 aromatic heterocycles. The lowest BCUT2D eigenvalue weighted by Gasteiger charge is -2.30. The van der Waals surface area contributed by atoms with E-state index in [-0.39, 0.29) is 11.8 Å². The van der Waals surface area contributed by atoms with E-state index in [0.29, 0.717) is 24.3 Å². The second kappa shape index (κ2) is 9.93. The molecule has 148 valence electrons. The molecule has 0 aliphatic carbocycles. The molecule has 0 spiro atoms. The van der Waals surface area contributed by atoms with Crippen LogP contribution in [-0.2, 0) is 16.0 Å². The first-order valence-corrected chi connectivity index (χ1v) is 10.2. The zero-order chi connectivity index (χ0) is 19.8. The molecule has 1 aliphatic rings. The van der Waals surface area contributed by atoms with Crippen molar-refractivity contribution in [2.24, 2.45) is 0 Å². The number of hydrogen-bond acceptors (Lipinski definition) is 3. The van der Waals surface area contributed by atoms with Crippen LogP contribution in [0.2, 0.25) is 0 Å². The first-order chi connectivity index (χ1) is 13.7. The van der Waals surface area contributed by atoms with Gasteiger partial charge < -0.3 is 15.5 Å². The number of hydrogen-bond donors (Lipinski definition) is 2. The molecule has 0 atom stereocenters.